The largest absolute Gasteiger partial charge is 0.477 e. The molecule has 0 saturated heterocycles. The number of nitrogens with one attached hydrogen (secondary N) is 2. The normalized spacial score (nSPS) is 12.6. The molecule has 1 heterocycles. The van der Waals surface area contributed by atoms with Crippen LogP contribution in [0, 0.1) is 12.3 Å². The Balaban J connectivity index is 2.80. The van der Waals surface area contributed by atoms with Crippen LogP contribution < -0.4 is 10.6 Å². The first-order valence-corrected chi connectivity index (χ1v) is 7.35. The zero-order valence-electron chi connectivity index (χ0n) is 12.7. The van der Waals surface area contributed by atoms with Crippen molar-refractivity contribution in [1.82, 2.24) is 5.32 Å². The molecule has 0 saturated carbocycles. The number of carboxylic acid groups (broad SMARTS) is 1. The summed E-state index contributed by atoms with van der Waals surface area (Å²) >= 11 is 1.05. The second kappa shape index (κ2) is 6.26. The summed E-state index contributed by atoms with van der Waals surface area (Å²) in [5.41, 5.74) is 0.369. The molecule has 0 aliphatic rings. The van der Waals surface area contributed by atoms with Crippen molar-refractivity contribution >= 4 is 34.8 Å². The Morgan fingerprint density at radius 3 is 2.33 bits per heavy atom. The van der Waals surface area contributed by atoms with Crippen molar-refractivity contribution in [2.75, 3.05) is 5.32 Å². The SMILES string of the molecule is Cc1csc(C(=O)O)c1NC(=O)C(C)NC(=O)C(C)(C)C. The number of rotatable bonds is 4. The summed E-state index contributed by atoms with van der Waals surface area (Å²) in [4.78, 5) is 35.1. The van der Waals surface area contributed by atoms with Gasteiger partial charge in [0.2, 0.25) is 11.8 Å². The van der Waals surface area contributed by atoms with Crippen molar-refractivity contribution in [2.45, 2.75) is 40.7 Å². The highest BCUT2D eigenvalue weighted by Crippen LogP contribution is 2.27. The topological polar surface area (TPSA) is 95.5 Å². The van der Waals surface area contributed by atoms with E-state index in [4.69, 9.17) is 5.11 Å². The van der Waals surface area contributed by atoms with Crippen LogP contribution in [0.2, 0.25) is 0 Å². The average molecular weight is 312 g/mol. The number of hydrogen-bond donors (Lipinski definition) is 3. The third kappa shape index (κ3) is 4.29. The molecular weight excluding hydrogens is 292 g/mol. The smallest absolute Gasteiger partial charge is 0.348 e. The van der Waals surface area contributed by atoms with Gasteiger partial charge in [0, 0.05) is 5.41 Å². The molecule has 7 heteroatoms. The molecular formula is C14H20N2O4S. The number of carbonyl (C=O) groups is 3. The van der Waals surface area contributed by atoms with Crippen LogP contribution in [0.1, 0.15) is 42.9 Å². The number of carbonyl (C=O) groups excluding carboxylic acids is 2. The standard InChI is InChI=1S/C14H20N2O4S/c1-7-6-21-10(12(18)19)9(7)16-11(17)8(2)15-13(20)14(3,4)5/h6,8H,1-5H3,(H,15,20)(H,16,17)(H,18,19). The molecule has 3 N–H and O–H groups in total. The molecule has 0 aliphatic carbocycles. The van der Waals surface area contributed by atoms with Crippen LogP contribution in [-0.4, -0.2) is 28.9 Å². The van der Waals surface area contributed by atoms with E-state index in [9.17, 15) is 14.4 Å². The number of carboxylic acids is 1. The average Bonchev–Trinajstić information content (AvgIpc) is 2.69. The van der Waals surface area contributed by atoms with Crippen LogP contribution >= 0.6 is 11.3 Å². The summed E-state index contributed by atoms with van der Waals surface area (Å²) in [5.74, 6) is -1.78. The molecule has 1 aromatic heterocycles. The molecule has 1 aromatic rings. The molecule has 0 bridgehead atoms. The van der Waals surface area contributed by atoms with Gasteiger partial charge in [-0.2, -0.15) is 0 Å². The van der Waals surface area contributed by atoms with E-state index in [1.165, 1.54) is 0 Å². The zero-order valence-corrected chi connectivity index (χ0v) is 13.6. The van der Waals surface area contributed by atoms with Crippen LogP contribution in [0.4, 0.5) is 5.69 Å². The van der Waals surface area contributed by atoms with Crippen molar-refractivity contribution in [2.24, 2.45) is 5.41 Å². The lowest BCUT2D eigenvalue weighted by Crippen LogP contribution is -2.46. The van der Waals surface area contributed by atoms with Gasteiger partial charge >= 0.3 is 5.97 Å². The van der Waals surface area contributed by atoms with Gasteiger partial charge in [-0.25, -0.2) is 4.79 Å². The molecule has 0 aliphatic heterocycles. The van der Waals surface area contributed by atoms with Gasteiger partial charge in [-0.05, 0) is 24.8 Å². The van der Waals surface area contributed by atoms with E-state index >= 15 is 0 Å². The van der Waals surface area contributed by atoms with Gasteiger partial charge in [0.1, 0.15) is 10.9 Å². The van der Waals surface area contributed by atoms with Gasteiger partial charge in [0.05, 0.1) is 5.69 Å². The maximum atomic E-state index is 12.1. The monoisotopic (exact) mass is 312 g/mol. The van der Waals surface area contributed by atoms with Crippen LogP contribution in [0.15, 0.2) is 5.38 Å². The van der Waals surface area contributed by atoms with Gasteiger partial charge in [-0.1, -0.05) is 20.8 Å². The van der Waals surface area contributed by atoms with E-state index < -0.39 is 23.3 Å². The molecule has 1 unspecified atom stereocenters. The third-order valence-corrected chi connectivity index (χ3v) is 3.93. The Labute approximate surface area is 127 Å². The molecule has 2 amide bonds. The fourth-order valence-electron chi connectivity index (χ4n) is 1.47. The van der Waals surface area contributed by atoms with Gasteiger partial charge in [-0.3, -0.25) is 9.59 Å². The van der Waals surface area contributed by atoms with E-state index in [1.807, 2.05) is 0 Å². The molecule has 0 fully saturated rings. The van der Waals surface area contributed by atoms with Gasteiger partial charge < -0.3 is 15.7 Å². The number of amides is 2. The summed E-state index contributed by atoms with van der Waals surface area (Å²) in [5, 5.41) is 15.9. The highest BCUT2D eigenvalue weighted by Gasteiger charge is 2.26. The minimum atomic E-state index is -1.09. The third-order valence-electron chi connectivity index (χ3n) is 2.84. The first-order chi connectivity index (χ1) is 9.54. The summed E-state index contributed by atoms with van der Waals surface area (Å²) < 4.78 is 0. The van der Waals surface area contributed by atoms with Gasteiger partial charge in [-0.15, -0.1) is 11.3 Å². The van der Waals surface area contributed by atoms with Crippen LogP contribution in [0.5, 0.6) is 0 Å². The van der Waals surface area contributed by atoms with Crippen molar-refractivity contribution in [1.29, 1.82) is 0 Å². The van der Waals surface area contributed by atoms with E-state index in [0.717, 1.165) is 11.3 Å². The number of aromatic carboxylic acids is 1. The van der Waals surface area contributed by atoms with Crippen LogP contribution in [0.3, 0.4) is 0 Å². The quantitative estimate of drug-likeness (QED) is 0.794. The van der Waals surface area contributed by atoms with Crippen molar-refractivity contribution in [3.63, 3.8) is 0 Å². The lowest BCUT2D eigenvalue weighted by atomic mass is 9.95. The second-order valence-electron chi connectivity index (χ2n) is 5.86. The van der Waals surface area contributed by atoms with Crippen molar-refractivity contribution < 1.29 is 19.5 Å². The Morgan fingerprint density at radius 2 is 1.86 bits per heavy atom. The maximum Gasteiger partial charge on any atom is 0.348 e. The van der Waals surface area contributed by atoms with E-state index in [1.54, 1.807) is 40.0 Å². The predicted molar refractivity (Wildman–Crippen MR) is 81.7 cm³/mol. The maximum absolute atomic E-state index is 12.1. The summed E-state index contributed by atoms with van der Waals surface area (Å²) in [6.07, 6.45) is 0. The number of aryl methyl sites for hydroxylation is 1. The second-order valence-corrected chi connectivity index (χ2v) is 6.74. The van der Waals surface area contributed by atoms with Crippen LogP contribution in [0.25, 0.3) is 0 Å². The first-order valence-electron chi connectivity index (χ1n) is 6.47. The fraction of sp³-hybridized carbons (Fsp3) is 0.500. The summed E-state index contributed by atoms with van der Waals surface area (Å²) in [7, 11) is 0. The van der Waals surface area contributed by atoms with Crippen molar-refractivity contribution in [3.05, 3.63) is 15.8 Å². The minimum Gasteiger partial charge on any atom is -0.477 e. The van der Waals surface area contributed by atoms with Gasteiger partial charge in [0.15, 0.2) is 0 Å². The molecule has 116 valence electrons. The summed E-state index contributed by atoms with van der Waals surface area (Å²) in [6, 6.07) is -0.752. The molecule has 0 aromatic carbocycles. The molecule has 1 atom stereocenters. The molecule has 1 rings (SSSR count). The lowest BCUT2D eigenvalue weighted by Gasteiger charge is -2.21. The fourth-order valence-corrected chi connectivity index (χ4v) is 2.31. The minimum absolute atomic E-state index is 0.0789. The Morgan fingerprint density at radius 1 is 1.29 bits per heavy atom. The lowest BCUT2D eigenvalue weighted by molar-refractivity contribution is -0.131. The molecule has 0 radical (unpaired) electrons. The molecule has 0 spiro atoms. The summed E-state index contributed by atoms with van der Waals surface area (Å²) in [6.45, 7) is 8.52. The van der Waals surface area contributed by atoms with E-state index in [2.05, 4.69) is 10.6 Å². The molecule has 21 heavy (non-hydrogen) atoms. The zero-order chi connectivity index (χ0) is 16.4. The van der Waals surface area contributed by atoms with Crippen LogP contribution in [-0.2, 0) is 9.59 Å². The van der Waals surface area contributed by atoms with Gasteiger partial charge in [0.25, 0.3) is 0 Å². The Bertz CT molecular complexity index is 572. The molecule has 6 nitrogen and oxygen atoms in total. The highest BCUT2D eigenvalue weighted by molar-refractivity contribution is 7.12. The Hall–Kier alpha value is -1.89. The van der Waals surface area contributed by atoms with E-state index in [0.29, 0.717) is 5.56 Å². The number of hydrogen-bond acceptors (Lipinski definition) is 4. The number of anilines is 1. The Kier molecular flexibility index (Phi) is 5.11. The predicted octanol–water partition coefficient (Wildman–Crippen LogP) is 2.24. The number of thiophene rings is 1. The first kappa shape index (κ1) is 17.2. The van der Waals surface area contributed by atoms with Crippen molar-refractivity contribution in [3.8, 4) is 0 Å². The van der Waals surface area contributed by atoms with E-state index in [-0.39, 0.29) is 16.5 Å². The highest BCUT2D eigenvalue weighted by atomic mass is 32.1.